The summed E-state index contributed by atoms with van der Waals surface area (Å²) in [5.74, 6) is 1.30. The van der Waals surface area contributed by atoms with E-state index in [9.17, 15) is 9.90 Å². The molecule has 3 aromatic carbocycles. The summed E-state index contributed by atoms with van der Waals surface area (Å²) < 4.78 is 17.4. The largest absolute Gasteiger partial charge is 0.507 e. The van der Waals surface area contributed by atoms with Crippen molar-refractivity contribution in [2.24, 2.45) is 0 Å². The summed E-state index contributed by atoms with van der Waals surface area (Å²) in [6.45, 7) is 9.81. The van der Waals surface area contributed by atoms with Crippen LogP contribution in [0.2, 0.25) is 0 Å². The van der Waals surface area contributed by atoms with Gasteiger partial charge in [0.25, 0.3) is 0 Å². The molecular weight excluding hydrogens is 416 g/mol. The molecule has 5 heteroatoms. The predicted molar refractivity (Wildman–Crippen MR) is 130 cm³/mol. The fourth-order valence-corrected chi connectivity index (χ4v) is 4.52. The number of phenols is 1. The van der Waals surface area contributed by atoms with E-state index in [1.165, 1.54) is 0 Å². The van der Waals surface area contributed by atoms with Gasteiger partial charge in [-0.3, -0.25) is 4.79 Å². The molecule has 3 aromatic rings. The van der Waals surface area contributed by atoms with Crippen molar-refractivity contribution in [3.05, 3.63) is 64.2 Å². The Morgan fingerprint density at radius 3 is 2.52 bits per heavy atom. The van der Waals surface area contributed by atoms with Gasteiger partial charge >= 0.3 is 5.97 Å². The fourth-order valence-electron chi connectivity index (χ4n) is 4.52. The minimum absolute atomic E-state index is 0.179. The molecule has 0 spiro atoms. The van der Waals surface area contributed by atoms with Crippen LogP contribution in [0.5, 0.6) is 17.2 Å². The number of benzene rings is 3. The Hall–Kier alpha value is -3.21. The minimum Gasteiger partial charge on any atom is -0.507 e. The highest BCUT2D eigenvalue weighted by atomic mass is 16.6. The monoisotopic (exact) mass is 448 g/mol. The molecule has 5 nitrogen and oxygen atoms in total. The van der Waals surface area contributed by atoms with Crippen LogP contribution in [0.4, 0.5) is 0 Å². The summed E-state index contributed by atoms with van der Waals surface area (Å²) >= 11 is 0. The van der Waals surface area contributed by atoms with Crippen molar-refractivity contribution >= 4 is 16.7 Å². The number of methoxy groups -OCH3 is 1. The summed E-state index contributed by atoms with van der Waals surface area (Å²) in [6, 6.07) is 11.9. The van der Waals surface area contributed by atoms with E-state index < -0.39 is 5.60 Å². The summed E-state index contributed by atoms with van der Waals surface area (Å²) in [7, 11) is 1.65. The van der Waals surface area contributed by atoms with Crippen LogP contribution < -0.4 is 9.47 Å². The van der Waals surface area contributed by atoms with Crippen molar-refractivity contribution in [3.8, 4) is 17.2 Å². The Morgan fingerprint density at radius 2 is 1.79 bits per heavy atom. The number of ether oxygens (including phenoxy) is 3. The topological polar surface area (TPSA) is 65.0 Å². The normalized spacial score (nSPS) is 18.4. The van der Waals surface area contributed by atoms with Gasteiger partial charge in [-0.15, -0.1) is 0 Å². The zero-order valence-corrected chi connectivity index (χ0v) is 20.2. The van der Waals surface area contributed by atoms with Crippen molar-refractivity contribution in [3.63, 3.8) is 0 Å². The molecule has 0 saturated heterocycles. The van der Waals surface area contributed by atoms with Crippen LogP contribution in [0, 0.1) is 20.8 Å². The third-order valence-electron chi connectivity index (χ3n) is 7.04. The van der Waals surface area contributed by atoms with Gasteiger partial charge in [0, 0.05) is 5.56 Å². The van der Waals surface area contributed by atoms with Crippen molar-refractivity contribution in [1.82, 2.24) is 0 Å². The van der Waals surface area contributed by atoms with Crippen LogP contribution in [-0.2, 0) is 16.0 Å². The molecule has 33 heavy (non-hydrogen) atoms. The second-order valence-electron chi connectivity index (χ2n) is 9.39. The Kier molecular flexibility index (Phi) is 6.00. The molecule has 174 valence electrons. The number of phenolic OH excluding ortho intramolecular Hbond substituents is 1. The molecule has 1 unspecified atom stereocenters. The number of esters is 1. The van der Waals surface area contributed by atoms with Gasteiger partial charge in [0.15, 0.2) is 0 Å². The average Bonchev–Trinajstić information content (AvgIpc) is 2.83. The van der Waals surface area contributed by atoms with E-state index in [-0.39, 0.29) is 18.5 Å². The first-order valence-electron chi connectivity index (χ1n) is 11.4. The molecule has 1 heterocycles. The van der Waals surface area contributed by atoms with Crippen LogP contribution in [0.25, 0.3) is 10.8 Å². The molecule has 0 amide bonds. The zero-order valence-electron chi connectivity index (χ0n) is 20.2. The minimum atomic E-state index is -0.608. The molecule has 0 bridgehead atoms. The zero-order chi connectivity index (χ0) is 23.9. The molecule has 0 saturated carbocycles. The summed E-state index contributed by atoms with van der Waals surface area (Å²) in [5, 5.41) is 12.5. The van der Waals surface area contributed by atoms with Crippen molar-refractivity contribution < 1.29 is 24.1 Å². The second kappa shape index (κ2) is 8.62. The second-order valence-corrected chi connectivity index (χ2v) is 9.39. The lowest BCUT2D eigenvalue weighted by atomic mass is 9.87. The summed E-state index contributed by atoms with van der Waals surface area (Å²) in [5.41, 5.74) is 3.98. The number of carbonyl (C=O) groups is 1. The third-order valence-corrected chi connectivity index (χ3v) is 7.04. The summed E-state index contributed by atoms with van der Waals surface area (Å²) in [6.07, 6.45) is 1.48. The molecule has 0 aromatic heterocycles. The SMILES string of the molecule is COc1ccc2cc([C@H](C)C(=O)OCC3(C)CCc4c(C)c(O)c(C)c(C)c4O3)ccc2c1. The number of carbonyl (C=O) groups excluding carboxylic acids is 1. The van der Waals surface area contributed by atoms with Crippen LogP contribution in [0.15, 0.2) is 36.4 Å². The highest BCUT2D eigenvalue weighted by Crippen LogP contribution is 2.43. The van der Waals surface area contributed by atoms with Gasteiger partial charge in [0.2, 0.25) is 0 Å². The predicted octanol–water partition coefficient (Wildman–Crippen LogP) is 5.91. The van der Waals surface area contributed by atoms with Gasteiger partial charge < -0.3 is 19.3 Å². The van der Waals surface area contributed by atoms with E-state index in [4.69, 9.17) is 14.2 Å². The van der Waals surface area contributed by atoms with Crippen LogP contribution in [-0.4, -0.2) is 30.4 Å². The quantitative estimate of drug-likeness (QED) is 0.492. The Bertz CT molecular complexity index is 1230. The lowest BCUT2D eigenvalue weighted by Gasteiger charge is -2.37. The first kappa shape index (κ1) is 23.0. The average molecular weight is 449 g/mol. The standard InChI is InChI=1S/C28H32O5/c1-16-17(2)26-24(19(4)25(16)29)11-12-28(5,33-26)15-32-27(30)18(3)20-7-8-22-14-23(31-6)10-9-21(22)13-20/h7-10,13-14,18,29H,11-12,15H2,1-6H3/t18-,28?/m0/s1. The van der Waals surface area contributed by atoms with Gasteiger partial charge in [-0.25, -0.2) is 0 Å². The molecule has 0 radical (unpaired) electrons. The van der Waals surface area contributed by atoms with E-state index in [0.717, 1.165) is 56.5 Å². The van der Waals surface area contributed by atoms with Gasteiger partial charge in [-0.05, 0) is 92.6 Å². The fraction of sp³-hybridized carbons (Fsp3) is 0.393. The molecule has 4 rings (SSSR count). The highest BCUT2D eigenvalue weighted by Gasteiger charge is 2.36. The highest BCUT2D eigenvalue weighted by molar-refractivity contribution is 5.86. The maximum atomic E-state index is 12.9. The van der Waals surface area contributed by atoms with Gasteiger partial charge in [-0.2, -0.15) is 0 Å². The molecule has 1 aliphatic rings. The van der Waals surface area contributed by atoms with Gasteiger partial charge in [0.05, 0.1) is 13.0 Å². The lowest BCUT2D eigenvalue weighted by molar-refractivity contribution is -0.151. The number of rotatable bonds is 5. The van der Waals surface area contributed by atoms with E-state index in [2.05, 4.69) is 0 Å². The molecule has 0 aliphatic carbocycles. The van der Waals surface area contributed by atoms with Crippen molar-refractivity contribution in [2.45, 2.75) is 59.0 Å². The van der Waals surface area contributed by atoms with E-state index in [1.54, 1.807) is 7.11 Å². The number of aromatic hydroxyl groups is 1. The Balaban J connectivity index is 1.47. The van der Waals surface area contributed by atoms with Crippen LogP contribution in [0.1, 0.15) is 54.0 Å². The van der Waals surface area contributed by atoms with Crippen LogP contribution >= 0.6 is 0 Å². The van der Waals surface area contributed by atoms with E-state index >= 15 is 0 Å². The maximum Gasteiger partial charge on any atom is 0.313 e. The molecule has 0 fully saturated rings. The third kappa shape index (κ3) is 4.24. The first-order chi connectivity index (χ1) is 15.6. The first-order valence-corrected chi connectivity index (χ1v) is 11.4. The summed E-state index contributed by atoms with van der Waals surface area (Å²) in [4.78, 5) is 12.9. The molecule has 2 atom stereocenters. The number of hydrogen-bond donors (Lipinski definition) is 1. The smallest absolute Gasteiger partial charge is 0.313 e. The Labute approximate surface area is 195 Å². The van der Waals surface area contributed by atoms with E-state index in [0.29, 0.717) is 12.2 Å². The van der Waals surface area contributed by atoms with Crippen molar-refractivity contribution in [2.75, 3.05) is 13.7 Å². The maximum absolute atomic E-state index is 12.9. The number of fused-ring (bicyclic) bond motifs is 2. The van der Waals surface area contributed by atoms with Crippen molar-refractivity contribution in [1.29, 1.82) is 0 Å². The lowest BCUT2D eigenvalue weighted by Crippen LogP contribution is -2.42. The van der Waals surface area contributed by atoms with Gasteiger partial charge in [-0.1, -0.05) is 24.3 Å². The van der Waals surface area contributed by atoms with E-state index in [1.807, 2.05) is 71.0 Å². The molecule has 1 aliphatic heterocycles. The number of hydrogen-bond acceptors (Lipinski definition) is 5. The molecular formula is C28H32O5. The van der Waals surface area contributed by atoms with Gasteiger partial charge in [0.1, 0.15) is 29.5 Å². The van der Waals surface area contributed by atoms with Crippen LogP contribution in [0.3, 0.4) is 0 Å². The Morgan fingerprint density at radius 1 is 1.09 bits per heavy atom. The molecule has 1 N–H and O–H groups in total.